The summed E-state index contributed by atoms with van der Waals surface area (Å²) in [4.78, 5) is 16.4. The largest absolute Gasteiger partial charge is 0.368 e. The van der Waals surface area contributed by atoms with Gasteiger partial charge < -0.3 is 9.80 Å². The summed E-state index contributed by atoms with van der Waals surface area (Å²) < 4.78 is 1.41. The molecule has 0 bridgehead atoms. The van der Waals surface area contributed by atoms with Crippen LogP contribution in [0, 0.1) is 6.92 Å². The van der Waals surface area contributed by atoms with Crippen LogP contribution in [0.15, 0.2) is 36.7 Å². The van der Waals surface area contributed by atoms with Gasteiger partial charge in [-0.3, -0.25) is 0 Å². The van der Waals surface area contributed by atoms with Crippen molar-refractivity contribution in [3.63, 3.8) is 0 Å². The Balaban J connectivity index is 1.64. The Hall–Kier alpha value is -2.01. The maximum Gasteiger partial charge on any atom is 0.344 e. The molecule has 0 radical (unpaired) electrons. The average molecular weight is 305 g/mol. The van der Waals surface area contributed by atoms with E-state index in [0.29, 0.717) is 13.1 Å². The Morgan fingerprint density at radius 1 is 1.24 bits per heavy atom. The van der Waals surface area contributed by atoms with Crippen molar-refractivity contribution in [3.8, 4) is 0 Å². The molecule has 0 saturated carbocycles. The number of aromatic nitrogens is 2. The van der Waals surface area contributed by atoms with Crippen LogP contribution in [0.3, 0.4) is 0 Å². The molecule has 2 heterocycles. The molecule has 0 aliphatic carbocycles. The van der Waals surface area contributed by atoms with Crippen molar-refractivity contribution in [2.45, 2.75) is 6.92 Å². The van der Waals surface area contributed by atoms with Gasteiger partial charge in [-0.15, -0.1) is 0 Å². The average Bonchev–Trinajstić information content (AvgIpc) is 2.93. The van der Waals surface area contributed by atoms with Gasteiger partial charge in [-0.1, -0.05) is 17.7 Å². The van der Waals surface area contributed by atoms with Crippen LogP contribution in [-0.4, -0.2) is 46.9 Å². The summed E-state index contributed by atoms with van der Waals surface area (Å²) in [6.07, 6.45) is 3.45. The predicted molar refractivity (Wildman–Crippen MR) is 83.0 cm³/mol. The van der Waals surface area contributed by atoms with Crippen LogP contribution in [0.4, 0.5) is 10.5 Å². The lowest BCUT2D eigenvalue weighted by Crippen LogP contribution is -2.50. The van der Waals surface area contributed by atoms with E-state index in [9.17, 15) is 4.79 Å². The summed E-state index contributed by atoms with van der Waals surface area (Å²) in [7, 11) is 0. The third-order valence-electron chi connectivity index (χ3n) is 3.63. The molecule has 1 aliphatic rings. The van der Waals surface area contributed by atoms with E-state index >= 15 is 0 Å². The molecule has 3 rings (SSSR count). The molecule has 0 unspecified atom stereocenters. The molecule has 1 aromatic heterocycles. The minimum Gasteiger partial charge on any atom is -0.368 e. The van der Waals surface area contributed by atoms with Crippen molar-refractivity contribution < 1.29 is 4.79 Å². The number of nitrogens with zero attached hydrogens (tertiary/aromatic N) is 4. The van der Waals surface area contributed by atoms with Gasteiger partial charge in [0.15, 0.2) is 0 Å². The van der Waals surface area contributed by atoms with E-state index < -0.39 is 0 Å². The molecule has 0 N–H and O–H groups in total. The SMILES string of the molecule is Cc1cnn(C(=O)N2CCN(c3cccc(Cl)c3)CC2)c1. The number of hydrogen-bond acceptors (Lipinski definition) is 3. The van der Waals surface area contributed by atoms with Gasteiger partial charge in [0.25, 0.3) is 0 Å². The number of carbonyl (C=O) groups is 1. The highest BCUT2D eigenvalue weighted by Gasteiger charge is 2.22. The molecule has 6 heteroatoms. The van der Waals surface area contributed by atoms with Crippen LogP contribution in [0.5, 0.6) is 0 Å². The number of piperazine rings is 1. The van der Waals surface area contributed by atoms with Crippen molar-refractivity contribution in [3.05, 3.63) is 47.2 Å². The number of aryl methyl sites for hydroxylation is 1. The summed E-state index contributed by atoms with van der Waals surface area (Å²) in [6, 6.07) is 7.75. The molecule has 110 valence electrons. The molecule has 21 heavy (non-hydrogen) atoms. The maximum absolute atomic E-state index is 12.3. The lowest BCUT2D eigenvalue weighted by molar-refractivity contribution is 0.193. The van der Waals surface area contributed by atoms with Crippen molar-refractivity contribution in [1.82, 2.24) is 14.7 Å². The number of anilines is 1. The first-order chi connectivity index (χ1) is 10.1. The lowest BCUT2D eigenvalue weighted by Gasteiger charge is -2.35. The third kappa shape index (κ3) is 3.03. The first-order valence-electron chi connectivity index (χ1n) is 6.94. The standard InChI is InChI=1S/C15H17ClN4O/c1-12-10-17-20(11-12)15(21)19-7-5-18(6-8-19)14-4-2-3-13(16)9-14/h2-4,9-11H,5-8H2,1H3. The summed E-state index contributed by atoms with van der Waals surface area (Å²) in [5.74, 6) is 0. The number of rotatable bonds is 1. The van der Waals surface area contributed by atoms with E-state index in [2.05, 4.69) is 10.00 Å². The van der Waals surface area contributed by atoms with Gasteiger partial charge in [-0.25, -0.2) is 4.79 Å². The molecule has 1 amide bonds. The molecule has 5 nitrogen and oxygen atoms in total. The van der Waals surface area contributed by atoms with Crippen LogP contribution in [-0.2, 0) is 0 Å². The second-order valence-corrected chi connectivity index (χ2v) is 5.64. The highest BCUT2D eigenvalue weighted by atomic mass is 35.5. The Morgan fingerprint density at radius 3 is 2.62 bits per heavy atom. The zero-order valence-electron chi connectivity index (χ0n) is 11.9. The molecule has 2 aromatic rings. The van der Waals surface area contributed by atoms with Crippen LogP contribution in [0.1, 0.15) is 5.56 Å². The zero-order chi connectivity index (χ0) is 14.8. The normalized spacial score (nSPS) is 15.3. The number of halogens is 1. The zero-order valence-corrected chi connectivity index (χ0v) is 12.6. The first-order valence-corrected chi connectivity index (χ1v) is 7.32. The van der Waals surface area contributed by atoms with Crippen molar-refractivity contribution >= 4 is 23.3 Å². The Kier molecular flexibility index (Phi) is 3.84. The maximum atomic E-state index is 12.3. The summed E-state index contributed by atoms with van der Waals surface area (Å²) in [6.45, 7) is 4.89. The number of carbonyl (C=O) groups excluding carboxylic acids is 1. The Labute approximate surface area is 128 Å². The van der Waals surface area contributed by atoms with Gasteiger partial charge in [0.05, 0.1) is 6.20 Å². The smallest absolute Gasteiger partial charge is 0.344 e. The predicted octanol–water partition coefficient (Wildman–Crippen LogP) is 2.64. The van der Waals surface area contributed by atoms with Crippen molar-refractivity contribution in [2.75, 3.05) is 31.1 Å². The number of hydrogen-bond donors (Lipinski definition) is 0. The van der Waals surface area contributed by atoms with Crippen LogP contribution < -0.4 is 4.90 Å². The summed E-state index contributed by atoms with van der Waals surface area (Å²) in [5.41, 5.74) is 2.09. The molecule has 0 atom stereocenters. The van der Waals surface area contributed by atoms with Crippen LogP contribution in [0.2, 0.25) is 5.02 Å². The van der Waals surface area contributed by atoms with Gasteiger partial charge in [-0.2, -0.15) is 9.78 Å². The molecule has 1 aromatic carbocycles. The lowest BCUT2D eigenvalue weighted by atomic mass is 10.2. The molecular weight excluding hydrogens is 288 g/mol. The summed E-state index contributed by atoms with van der Waals surface area (Å²) in [5, 5.41) is 4.81. The first kappa shape index (κ1) is 13.9. The van der Waals surface area contributed by atoms with Crippen LogP contribution >= 0.6 is 11.6 Å². The third-order valence-corrected chi connectivity index (χ3v) is 3.87. The second kappa shape index (κ2) is 5.77. The van der Waals surface area contributed by atoms with E-state index in [4.69, 9.17) is 11.6 Å². The molecule has 1 aliphatic heterocycles. The quantitative estimate of drug-likeness (QED) is 0.813. The Morgan fingerprint density at radius 2 is 2.00 bits per heavy atom. The highest BCUT2D eigenvalue weighted by molar-refractivity contribution is 6.30. The second-order valence-electron chi connectivity index (χ2n) is 5.20. The van der Waals surface area contributed by atoms with Gasteiger partial charge in [-0.05, 0) is 30.7 Å². The van der Waals surface area contributed by atoms with E-state index in [1.807, 2.05) is 36.1 Å². The van der Waals surface area contributed by atoms with E-state index in [1.165, 1.54) is 4.68 Å². The van der Waals surface area contributed by atoms with Crippen molar-refractivity contribution in [1.29, 1.82) is 0 Å². The van der Waals surface area contributed by atoms with Gasteiger partial charge >= 0.3 is 6.03 Å². The fourth-order valence-corrected chi connectivity index (χ4v) is 2.68. The summed E-state index contributed by atoms with van der Waals surface area (Å²) >= 11 is 6.02. The monoisotopic (exact) mass is 304 g/mol. The van der Waals surface area contributed by atoms with E-state index in [-0.39, 0.29) is 6.03 Å². The molecule has 0 spiro atoms. The van der Waals surface area contributed by atoms with Gasteiger partial charge in [0.2, 0.25) is 0 Å². The number of amides is 1. The number of benzene rings is 1. The molecule has 1 fully saturated rings. The van der Waals surface area contributed by atoms with Crippen molar-refractivity contribution in [2.24, 2.45) is 0 Å². The topological polar surface area (TPSA) is 41.4 Å². The fourth-order valence-electron chi connectivity index (χ4n) is 2.49. The highest BCUT2D eigenvalue weighted by Crippen LogP contribution is 2.20. The molecule has 1 saturated heterocycles. The van der Waals surface area contributed by atoms with E-state index in [1.54, 1.807) is 12.4 Å². The minimum atomic E-state index is -0.0613. The fraction of sp³-hybridized carbons (Fsp3) is 0.333. The van der Waals surface area contributed by atoms with Crippen LogP contribution in [0.25, 0.3) is 0 Å². The minimum absolute atomic E-state index is 0.0613. The molecular formula is C15H17ClN4O. The Bertz CT molecular complexity index is 647. The van der Waals surface area contributed by atoms with Gasteiger partial charge in [0.1, 0.15) is 0 Å². The van der Waals surface area contributed by atoms with E-state index in [0.717, 1.165) is 29.4 Å². The van der Waals surface area contributed by atoms with Gasteiger partial charge in [0, 0.05) is 43.1 Å².